The Morgan fingerprint density at radius 3 is 2.43 bits per heavy atom. The van der Waals surface area contributed by atoms with Gasteiger partial charge in [0.05, 0.1) is 11.6 Å². The van der Waals surface area contributed by atoms with Crippen LogP contribution in [0.2, 0.25) is 0 Å². The first-order chi connectivity index (χ1) is 10.2. The highest BCUT2D eigenvalue weighted by atomic mass is 16.4. The molecule has 0 aliphatic carbocycles. The predicted molar refractivity (Wildman–Crippen MR) is 84.2 cm³/mol. The number of nitrogens with zero attached hydrogens (tertiary/aromatic N) is 1. The van der Waals surface area contributed by atoms with Crippen LogP contribution in [0.15, 0.2) is 84.5 Å². The second-order valence-corrected chi connectivity index (χ2v) is 3.99. The normalized spacial score (nSPS) is 12.5. The Kier molecular flexibility index (Phi) is 6.75. The lowest BCUT2D eigenvalue weighted by atomic mass is 10.1. The van der Waals surface area contributed by atoms with Gasteiger partial charge in [0.2, 0.25) is 0 Å². The van der Waals surface area contributed by atoms with Crippen molar-refractivity contribution in [3.05, 3.63) is 90.1 Å². The average Bonchev–Trinajstić information content (AvgIpc) is 2.50. The van der Waals surface area contributed by atoms with E-state index >= 15 is 0 Å². The van der Waals surface area contributed by atoms with Gasteiger partial charge in [0.1, 0.15) is 0 Å². The molecule has 0 spiro atoms. The molecule has 0 saturated carbocycles. The van der Waals surface area contributed by atoms with Gasteiger partial charge in [0.15, 0.2) is 0 Å². The lowest BCUT2D eigenvalue weighted by molar-refractivity contribution is -0.131. The molecule has 104 valence electrons. The maximum Gasteiger partial charge on any atom is 0.328 e. The third kappa shape index (κ3) is 6.04. The average molecular weight is 277 g/mol. The summed E-state index contributed by atoms with van der Waals surface area (Å²) in [5.74, 6) is -1.10. The Balaban J connectivity index is 3.18. The minimum absolute atomic E-state index is 0.266. The number of carboxylic acid groups (broad SMARTS) is 1. The molecule has 1 aromatic rings. The Labute approximate surface area is 124 Å². The Morgan fingerprint density at radius 2 is 1.86 bits per heavy atom. The van der Waals surface area contributed by atoms with Gasteiger partial charge in [-0.3, -0.25) is 0 Å². The van der Waals surface area contributed by atoms with Gasteiger partial charge in [0, 0.05) is 6.08 Å². The first kappa shape index (κ1) is 15.9. The van der Waals surface area contributed by atoms with E-state index in [1.165, 1.54) is 6.08 Å². The van der Waals surface area contributed by atoms with Gasteiger partial charge in [-0.15, -0.1) is 0 Å². The number of benzene rings is 1. The molecule has 0 saturated heterocycles. The summed E-state index contributed by atoms with van der Waals surface area (Å²) in [6, 6.07) is 11.6. The van der Waals surface area contributed by atoms with E-state index < -0.39 is 5.97 Å². The first-order valence-electron chi connectivity index (χ1n) is 6.25. The van der Waals surface area contributed by atoms with Crippen molar-refractivity contribution in [1.82, 2.24) is 0 Å². The zero-order chi connectivity index (χ0) is 15.5. The maximum atomic E-state index is 10.6. The largest absolute Gasteiger partial charge is 0.478 e. The third-order valence-corrected chi connectivity index (χ3v) is 2.49. The number of carbonyl (C=O) groups is 1. The lowest BCUT2D eigenvalue weighted by Crippen LogP contribution is -1.88. The van der Waals surface area contributed by atoms with Gasteiger partial charge in [-0.1, -0.05) is 67.3 Å². The fraction of sp³-hybridized carbons (Fsp3) is 0. The van der Waals surface area contributed by atoms with Gasteiger partial charge in [-0.05, 0) is 17.2 Å². The molecular formula is C18H15NO2. The van der Waals surface area contributed by atoms with Crippen molar-refractivity contribution in [1.29, 1.82) is 5.26 Å². The van der Waals surface area contributed by atoms with Crippen molar-refractivity contribution in [3.63, 3.8) is 0 Å². The summed E-state index contributed by atoms with van der Waals surface area (Å²) in [4.78, 5) is 10.6. The molecule has 0 atom stereocenters. The van der Waals surface area contributed by atoms with E-state index in [1.807, 2.05) is 42.5 Å². The molecule has 21 heavy (non-hydrogen) atoms. The van der Waals surface area contributed by atoms with Crippen molar-refractivity contribution in [2.75, 3.05) is 0 Å². The standard InChI is InChI=1S/C18H15NO2/c1-2-3-9-16(17(14-19)12-13-18(20)21)11-10-15-7-5-4-6-8-15/h2-13H,1H2,(H,20,21). The molecule has 0 fully saturated rings. The molecule has 1 aromatic carbocycles. The highest BCUT2D eigenvalue weighted by Crippen LogP contribution is 2.12. The predicted octanol–water partition coefficient (Wildman–Crippen LogP) is 3.90. The molecule has 0 aliphatic heterocycles. The smallest absolute Gasteiger partial charge is 0.328 e. The molecule has 0 unspecified atom stereocenters. The number of rotatable bonds is 6. The van der Waals surface area contributed by atoms with E-state index in [1.54, 1.807) is 24.3 Å². The first-order valence-corrected chi connectivity index (χ1v) is 6.25. The molecule has 1 N–H and O–H groups in total. The third-order valence-electron chi connectivity index (χ3n) is 2.49. The van der Waals surface area contributed by atoms with Gasteiger partial charge < -0.3 is 5.11 Å². The number of aliphatic carboxylic acids is 1. The summed E-state index contributed by atoms with van der Waals surface area (Å²) in [6.07, 6.45) is 10.8. The van der Waals surface area contributed by atoms with Crippen molar-refractivity contribution < 1.29 is 9.90 Å². The molecule has 0 bridgehead atoms. The van der Waals surface area contributed by atoms with Crippen LogP contribution in [0.25, 0.3) is 6.08 Å². The molecule has 0 amide bonds. The number of nitriles is 1. The van der Waals surface area contributed by atoms with Crippen molar-refractivity contribution in [3.8, 4) is 6.07 Å². The number of carboxylic acids is 1. The van der Waals surface area contributed by atoms with Crippen LogP contribution in [-0.4, -0.2) is 11.1 Å². The van der Waals surface area contributed by atoms with E-state index in [2.05, 4.69) is 6.58 Å². The van der Waals surface area contributed by atoms with E-state index in [0.29, 0.717) is 5.57 Å². The van der Waals surface area contributed by atoms with Crippen molar-refractivity contribution in [2.24, 2.45) is 0 Å². The van der Waals surface area contributed by atoms with Crippen LogP contribution < -0.4 is 0 Å². The zero-order valence-electron chi connectivity index (χ0n) is 11.4. The number of hydrogen-bond donors (Lipinski definition) is 1. The summed E-state index contributed by atoms with van der Waals surface area (Å²) < 4.78 is 0. The highest BCUT2D eigenvalue weighted by Gasteiger charge is 1.98. The quantitative estimate of drug-likeness (QED) is 0.487. The summed E-state index contributed by atoms with van der Waals surface area (Å²) in [5, 5.41) is 17.8. The maximum absolute atomic E-state index is 10.6. The van der Waals surface area contributed by atoms with Crippen molar-refractivity contribution >= 4 is 12.0 Å². The van der Waals surface area contributed by atoms with Crippen LogP contribution in [0.3, 0.4) is 0 Å². The van der Waals surface area contributed by atoms with Crippen LogP contribution >= 0.6 is 0 Å². The van der Waals surface area contributed by atoms with Gasteiger partial charge in [0.25, 0.3) is 0 Å². The van der Waals surface area contributed by atoms with E-state index in [0.717, 1.165) is 11.6 Å². The number of allylic oxidation sites excluding steroid dienone is 7. The Morgan fingerprint density at radius 1 is 1.14 bits per heavy atom. The molecule has 0 heterocycles. The van der Waals surface area contributed by atoms with Crippen LogP contribution in [-0.2, 0) is 4.79 Å². The fourth-order valence-electron chi connectivity index (χ4n) is 1.51. The van der Waals surface area contributed by atoms with E-state index in [4.69, 9.17) is 10.4 Å². The van der Waals surface area contributed by atoms with Crippen LogP contribution in [0.4, 0.5) is 0 Å². The van der Waals surface area contributed by atoms with Crippen LogP contribution in [0.1, 0.15) is 5.56 Å². The van der Waals surface area contributed by atoms with E-state index in [-0.39, 0.29) is 5.57 Å². The second kappa shape index (κ2) is 8.89. The molecule has 3 heteroatoms. The van der Waals surface area contributed by atoms with Crippen molar-refractivity contribution in [2.45, 2.75) is 0 Å². The summed E-state index contributed by atoms with van der Waals surface area (Å²) >= 11 is 0. The molecular weight excluding hydrogens is 262 g/mol. The molecule has 1 rings (SSSR count). The Bertz CT molecular complexity index is 656. The second-order valence-electron chi connectivity index (χ2n) is 3.99. The monoisotopic (exact) mass is 277 g/mol. The highest BCUT2D eigenvalue weighted by molar-refractivity contribution is 5.81. The molecule has 3 nitrogen and oxygen atoms in total. The zero-order valence-corrected chi connectivity index (χ0v) is 11.4. The minimum atomic E-state index is -1.10. The summed E-state index contributed by atoms with van der Waals surface area (Å²) in [7, 11) is 0. The van der Waals surface area contributed by atoms with Gasteiger partial charge >= 0.3 is 5.97 Å². The topological polar surface area (TPSA) is 61.1 Å². The SMILES string of the molecule is C=CC=CC(C=Cc1ccccc1)=C(C#N)C=CC(=O)O. The van der Waals surface area contributed by atoms with Gasteiger partial charge in [-0.2, -0.15) is 5.26 Å². The van der Waals surface area contributed by atoms with E-state index in [9.17, 15) is 4.79 Å². The molecule has 0 aliphatic rings. The molecule has 0 aromatic heterocycles. The minimum Gasteiger partial charge on any atom is -0.478 e. The van der Waals surface area contributed by atoms with Crippen LogP contribution in [0.5, 0.6) is 0 Å². The Hall–Kier alpha value is -3.12. The van der Waals surface area contributed by atoms with Crippen LogP contribution in [0, 0.1) is 11.3 Å². The summed E-state index contributed by atoms with van der Waals surface area (Å²) in [5.41, 5.74) is 1.86. The fourth-order valence-corrected chi connectivity index (χ4v) is 1.51. The molecule has 0 radical (unpaired) electrons. The lowest BCUT2D eigenvalue weighted by Gasteiger charge is -1.97. The van der Waals surface area contributed by atoms with Gasteiger partial charge in [-0.25, -0.2) is 4.79 Å². The summed E-state index contributed by atoms with van der Waals surface area (Å²) in [6.45, 7) is 3.58. The number of hydrogen-bond acceptors (Lipinski definition) is 2.